The van der Waals surface area contributed by atoms with E-state index in [0.717, 1.165) is 38.0 Å². The highest BCUT2D eigenvalue weighted by Crippen LogP contribution is 2.22. The summed E-state index contributed by atoms with van der Waals surface area (Å²) in [7, 11) is 0. The van der Waals surface area contributed by atoms with E-state index in [1.54, 1.807) is 25.3 Å². The van der Waals surface area contributed by atoms with Gasteiger partial charge in [0.2, 0.25) is 0 Å². The summed E-state index contributed by atoms with van der Waals surface area (Å²) in [6, 6.07) is 16.8. The van der Waals surface area contributed by atoms with Gasteiger partial charge in [-0.1, -0.05) is 37.8 Å². The lowest BCUT2D eigenvalue weighted by Crippen LogP contribution is -2.22. The number of aromatic nitrogens is 2. The van der Waals surface area contributed by atoms with Crippen LogP contribution in [-0.2, 0) is 17.6 Å². The maximum atomic E-state index is 11.1. The van der Waals surface area contributed by atoms with Gasteiger partial charge in [-0.2, -0.15) is 0 Å². The van der Waals surface area contributed by atoms with Gasteiger partial charge in [0, 0.05) is 24.6 Å². The Kier molecular flexibility index (Phi) is 13.5. The molecule has 1 aliphatic heterocycles. The Balaban J connectivity index is 0.000000324. The predicted octanol–water partition coefficient (Wildman–Crippen LogP) is 5.37. The molecule has 1 aromatic carbocycles. The van der Waals surface area contributed by atoms with Gasteiger partial charge in [-0.3, -0.25) is 14.8 Å². The standard InChI is InChI=1S/C21H26N2O2.C9H9NO3.CH4/c24-21(25)19-10-12-22-20(15-19)9-8-18-11-14-23(16-18)13-4-7-17-5-2-1-3-6-17;1-2-13-9(12)7-3-4-10-8(5-7)6-11;/h1-3,5-6,10,12,15,18H,4,7-9,11,13-14,16H2,(H,24,25);3-6H,2H2,1H3;1H4/t18-;;/m1../s1. The summed E-state index contributed by atoms with van der Waals surface area (Å²) in [5.41, 5.74) is 3.22. The van der Waals surface area contributed by atoms with Crippen LogP contribution in [0, 0.1) is 5.92 Å². The number of aldehydes is 1. The molecule has 39 heavy (non-hydrogen) atoms. The summed E-state index contributed by atoms with van der Waals surface area (Å²) in [5, 5.41) is 9.05. The zero-order valence-corrected chi connectivity index (χ0v) is 21.8. The Morgan fingerprint density at radius 1 is 1.05 bits per heavy atom. The maximum Gasteiger partial charge on any atom is 0.338 e. The van der Waals surface area contributed by atoms with Crippen LogP contribution in [0.4, 0.5) is 0 Å². The van der Waals surface area contributed by atoms with Crippen molar-refractivity contribution in [1.29, 1.82) is 0 Å². The topological polar surface area (TPSA) is 110 Å². The fourth-order valence-corrected chi connectivity index (χ4v) is 4.46. The largest absolute Gasteiger partial charge is 0.478 e. The zero-order valence-electron chi connectivity index (χ0n) is 21.8. The lowest BCUT2D eigenvalue weighted by atomic mass is 10.0. The number of likely N-dealkylation sites (tertiary alicyclic amines) is 1. The molecular formula is C31H39N3O5. The number of ether oxygens (including phenoxy) is 1. The number of carbonyl (C=O) groups excluding carboxylic acids is 2. The van der Waals surface area contributed by atoms with Crippen LogP contribution < -0.4 is 0 Å². The van der Waals surface area contributed by atoms with Crippen molar-refractivity contribution in [2.24, 2.45) is 5.92 Å². The second-order valence-corrected chi connectivity index (χ2v) is 9.23. The molecule has 0 saturated carbocycles. The fourth-order valence-electron chi connectivity index (χ4n) is 4.46. The molecule has 4 rings (SSSR count). The first-order valence-corrected chi connectivity index (χ1v) is 13.0. The molecule has 1 aliphatic rings. The minimum absolute atomic E-state index is 0. The molecule has 1 fully saturated rings. The Hall–Kier alpha value is -3.91. The van der Waals surface area contributed by atoms with Gasteiger partial charge in [0.05, 0.1) is 17.7 Å². The molecule has 0 bridgehead atoms. The number of carbonyl (C=O) groups is 3. The van der Waals surface area contributed by atoms with Crippen LogP contribution in [0.2, 0.25) is 0 Å². The molecule has 3 aromatic rings. The van der Waals surface area contributed by atoms with E-state index in [-0.39, 0.29) is 13.1 Å². The van der Waals surface area contributed by atoms with Crippen molar-refractivity contribution in [3.05, 3.63) is 95.1 Å². The van der Waals surface area contributed by atoms with Gasteiger partial charge in [-0.15, -0.1) is 0 Å². The van der Waals surface area contributed by atoms with Crippen molar-refractivity contribution in [3.63, 3.8) is 0 Å². The molecule has 1 saturated heterocycles. The third-order valence-electron chi connectivity index (χ3n) is 6.44. The van der Waals surface area contributed by atoms with E-state index in [2.05, 4.69) is 45.2 Å². The van der Waals surface area contributed by atoms with Gasteiger partial charge >= 0.3 is 11.9 Å². The van der Waals surface area contributed by atoms with Crippen LogP contribution in [0.15, 0.2) is 67.0 Å². The lowest BCUT2D eigenvalue weighted by Gasteiger charge is -2.16. The highest BCUT2D eigenvalue weighted by molar-refractivity contribution is 5.91. The molecule has 1 N–H and O–H groups in total. The first-order chi connectivity index (χ1) is 18.5. The number of pyridine rings is 2. The van der Waals surface area contributed by atoms with Crippen LogP contribution >= 0.6 is 0 Å². The minimum Gasteiger partial charge on any atom is -0.478 e. The maximum absolute atomic E-state index is 11.1. The van der Waals surface area contributed by atoms with Crippen molar-refractivity contribution < 1.29 is 24.2 Å². The highest BCUT2D eigenvalue weighted by Gasteiger charge is 2.22. The van der Waals surface area contributed by atoms with E-state index in [0.29, 0.717) is 29.9 Å². The van der Waals surface area contributed by atoms with Crippen molar-refractivity contribution in [1.82, 2.24) is 14.9 Å². The van der Waals surface area contributed by atoms with Gasteiger partial charge in [0.15, 0.2) is 6.29 Å². The molecule has 1 atom stereocenters. The van der Waals surface area contributed by atoms with Crippen molar-refractivity contribution >= 4 is 18.2 Å². The molecule has 0 aliphatic carbocycles. The second-order valence-electron chi connectivity index (χ2n) is 9.23. The van der Waals surface area contributed by atoms with Gasteiger partial charge < -0.3 is 14.7 Å². The quantitative estimate of drug-likeness (QED) is 0.259. The average Bonchev–Trinajstić information content (AvgIpc) is 3.41. The normalized spacial score (nSPS) is 14.4. The van der Waals surface area contributed by atoms with E-state index in [9.17, 15) is 14.4 Å². The van der Waals surface area contributed by atoms with Crippen LogP contribution in [0.5, 0.6) is 0 Å². The summed E-state index contributed by atoms with van der Waals surface area (Å²) in [5.74, 6) is -0.617. The SMILES string of the molecule is C.CCOC(=O)c1ccnc(C=O)c1.O=C(O)c1ccnc(CC[C@@H]2CCN(CCCc3ccccc3)C2)c1. The van der Waals surface area contributed by atoms with E-state index in [4.69, 9.17) is 9.84 Å². The molecule has 0 unspecified atom stereocenters. The second kappa shape index (κ2) is 16.8. The van der Waals surface area contributed by atoms with Crippen molar-refractivity contribution in [3.8, 4) is 0 Å². The third kappa shape index (κ3) is 10.8. The van der Waals surface area contributed by atoms with E-state index < -0.39 is 11.9 Å². The number of aryl methyl sites for hydroxylation is 2. The Labute approximate surface area is 231 Å². The molecule has 3 heterocycles. The molecule has 0 amide bonds. The monoisotopic (exact) mass is 533 g/mol. The van der Waals surface area contributed by atoms with Gasteiger partial charge in [-0.25, -0.2) is 9.59 Å². The molecule has 2 aromatic heterocycles. The highest BCUT2D eigenvalue weighted by atomic mass is 16.5. The number of rotatable bonds is 11. The predicted molar refractivity (Wildman–Crippen MR) is 151 cm³/mol. The average molecular weight is 534 g/mol. The number of nitrogens with zero attached hydrogens (tertiary/aromatic N) is 3. The number of esters is 1. The molecule has 208 valence electrons. The first-order valence-electron chi connectivity index (χ1n) is 13.0. The number of aromatic carboxylic acids is 1. The van der Waals surface area contributed by atoms with E-state index in [1.165, 1.54) is 43.3 Å². The van der Waals surface area contributed by atoms with Gasteiger partial charge in [0.1, 0.15) is 5.69 Å². The van der Waals surface area contributed by atoms with E-state index >= 15 is 0 Å². The summed E-state index contributed by atoms with van der Waals surface area (Å²) in [6.07, 6.45) is 9.13. The number of hydrogen-bond donors (Lipinski definition) is 1. The molecule has 8 heteroatoms. The number of carboxylic acids is 1. The fraction of sp³-hybridized carbons (Fsp3) is 0.387. The Morgan fingerprint density at radius 3 is 2.51 bits per heavy atom. The smallest absolute Gasteiger partial charge is 0.338 e. The lowest BCUT2D eigenvalue weighted by molar-refractivity contribution is 0.0525. The van der Waals surface area contributed by atoms with Crippen molar-refractivity contribution in [2.45, 2.75) is 46.5 Å². The molecule has 0 radical (unpaired) electrons. The zero-order chi connectivity index (χ0) is 27.2. The van der Waals surface area contributed by atoms with Crippen LogP contribution in [0.25, 0.3) is 0 Å². The van der Waals surface area contributed by atoms with E-state index in [1.807, 2.05) is 0 Å². The number of hydrogen-bond acceptors (Lipinski definition) is 7. The Bertz CT molecular complexity index is 1190. The van der Waals surface area contributed by atoms with Gasteiger partial charge in [0.25, 0.3) is 0 Å². The first kappa shape index (κ1) is 31.3. The third-order valence-corrected chi connectivity index (χ3v) is 6.44. The summed E-state index contributed by atoms with van der Waals surface area (Å²) in [4.78, 5) is 43.1. The van der Waals surface area contributed by atoms with Crippen molar-refractivity contribution in [2.75, 3.05) is 26.2 Å². The number of benzene rings is 1. The summed E-state index contributed by atoms with van der Waals surface area (Å²) >= 11 is 0. The number of carboxylic acid groups (broad SMARTS) is 1. The van der Waals surface area contributed by atoms with Crippen LogP contribution in [0.3, 0.4) is 0 Å². The summed E-state index contributed by atoms with van der Waals surface area (Å²) in [6.45, 7) is 5.55. The Morgan fingerprint density at radius 2 is 1.79 bits per heavy atom. The molecule has 0 spiro atoms. The van der Waals surface area contributed by atoms with Gasteiger partial charge in [-0.05, 0) is 87.9 Å². The minimum atomic E-state index is -0.880. The van der Waals surface area contributed by atoms with Crippen LogP contribution in [0.1, 0.15) is 76.1 Å². The van der Waals surface area contributed by atoms with Crippen LogP contribution in [-0.4, -0.2) is 64.4 Å². The summed E-state index contributed by atoms with van der Waals surface area (Å²) < 4.78 is 4.74. The molecule has 8 nitrogen and oxygen atoms in total. The molecular weight excluding hydrogens is 494 g/mol.